The second kappa shape index (κ2) is 8.45. The number of likely N-dealkylation sites (tertiary alicyclic amines) is 1. The number of hydrogen-bond acceptors (Lipinski definition) is 5. The topological polar surface area (TPSA) is 64.5 Å². The van der Waals surface area contributed by atoms with E-state index in [0.29, 0.717) is 24.8 Å². The molecule has 150 valence electrons. The largest absolute Gasteiger partial charge is 0.484 e. The van der Waals surface area contributed by atoms with E-state index in [1.54, 1.807) is 24.1 Å². The summed E-state index contributed by atoms with van der Waals surface area (Å²) in [5, 5.41) is 0. The zero-order valence-corrected chi connectivity index (χ0v) is 15.3. The summed E-state index contributed by atoms with van der Waals surface area (Å²) < 4.78 is 49.3. The standard InChI is InChI=1S/C19H20F3N3O3/c1-13-23-8-7-17(24-13)28-16-6-3-9-25(11-16)18(26)12-27-15-5-2-4-14(10-15)19(20,21)22/h2,4-5,7-8,10,16H,3,6,9,11-12H2,1H3. The predicted octanol–water partition coefficient (Wildman–Crippen LogP) is 3.25. The van der Waals surface area contributed by atoms with Gasteiger partial charge in [0.05, 0.1) is 12.1 Å². The van der Waals surface area contributed by atoms with Gasteiger partial charge in [0.15, 0.2) is 6.61 Å². The van der Waals surface area contributed by atoms with E-state index in [-0.39, 0.29) is 24.4 Å². The Balaban J connectivity index is 1.54. The summed E-state index contributed by atoms with van der Waals surface area (Å²) in [4.78, 5) is 22.2. The number of piperidine rings is 1. The van der Waals surface area contributed by atoms with E-state index in [1.807, 2.05) is 0 Å². The molecule has 0 N–H and O–H groups in total. The molecule has 1 amide bonds. The van der Waals surface area contributed by atoms with Gasteiger partial charge in [-0.1, -0.05) is 6.07 Å². The second-order valence-electron chi connectivity index (χ2n) is 6.48. The van der Waals surface area contributed by atoms with Gasteiger partial charge in [0, 0.05) is 18.8 Å². The monoisotopic (exact) mass is 395 g/mol. The second-order valence-corrected chi connectivity index (χ2v) is 6.48. The van der Waals surface area contributed by atoms with E-state index >= 15 is 0 Å². The minimum Gasteiger partial charge on any atom is -0.484 e. The molecule has 1 saturated heterocycles. The molecule has 0 aliphatic carbocycles. The molecule has 0 saturated carbocycles. The molecule has 1 unspecified atom stereocenters. The number of carbonyl (C=O) groups is 1. The van der Waals surface area contributed by atoms with Crippen LogP contribution in [-0.2, 0) is 11.0 Å². The first-order valence-corrected chi connectivity index (χ1v) is 8.85. The van der Waals surface area contributed by atoms with Gasteiger partial charge in [-0.05, 0) is 38.0 Å². The van der Waals surface area contributed by atoms with Crippen molar-refractivity contribution in [1.29, 1.82) is 0 Å². The van der Waals surface area contributed by atoms with E-state index in [2.05, 4.69) is 9.97 Å². The number of carbonyl (C=O) groups excluding carboxylic acids is 1. The maximum atomic E-state index is 12.8. The molecular weight excluding hydrogens is 375 g/mol. The molecule has 3 rings (SSSR count). The highest BCUT2D eigenvalue weighted by atomic mass is 19.4. The average Bonchev–Trinajstić information content (AvgIpc) is 2.66. The molecule has 1 aliphatic heterocycles. The first kappa shape index (κ1) is 19.9. The van der Waals surface area contributed by atoms with Crippen LogP contribution in [0.4, 0.5) is 13.2 Å². The summed E-state index contributed by atoms with van der Waals surface area (Å²) in [5.74, 6) is 0.747. The van der Waals surface area contributed by atoms with E-state index in [4.69, 9.17) is 9.47 Å². The Kier molecular flexibility index (Phi) is 6.01. The molecule has 1 aromatic heterocycles. The molecule has 1 aromatic carbocycles. The summed E-state index contributed by atoms with van der Waals surface area (Å²) in [6, 6.07) is 6.13. The summed E-state index contributed by atoms with van der Waals surface area (Å²) in [5.41, 5.74) is -0.816. The summed E-state index contributed by atoms with van der Waals surface area (Å²) in [7, 11) is 0. The smallest absolute Gasteiger partial charge is 0.416 e. The highest BCUT2D eigenvalue weighted by molar-refractivity contribution is 5.77. The van der Waals surface area contributed by atoms with Crippen LogP contribution in [0.5, 0.6) is 11.6 Å². The minimum absolute atomic E-state index is 0.00412. The van der Waals surface area contributed by atoms with Crippen molar-refractivity contribution >= 4 is 5.91 Å². The predicted molar refractivity (Wildman–Crippen MR) is 93.9 cm³/mol. The third kappa shape index (κ3) is 5.34. The lowest BCUT2D eigenvalue weighted by Gasteiger charge is -2.32. The van der Waals surface area contributed by atoms with Crippen molar-refractivity contribution in [2.45, 2.75) is 32.0 Å². The Hall–Kier alpha value is -2.84. The fourth-order valence-electron chi connectivity index (χ4n) is 2.93. The highest BCUT2D eigenvalue weighted by Gasteiger charge is 2.31. The maximum absolute atomic E-state index is 12.8. The Bertz CT molecular complexity index is 829. The number of rotatable bonds is 5. The Morgan fingerprint density at radius 1 is 1.32 bits per heavy atom. The molecule has 2 aromatic rings. The minimum atomic E-state index is -4.46. The van der Waals surface area contributed by atoms with E-state index in [0.717, 1.165) is 25.0 Å². The fraction of sp³-hybridized carbons (Fsp3) is 0.421. The quantitative estimate of drug-likeness (QED) is 0.778. The Labute approximate surface area is 160 Å². The summed E-state index contributed by atoms with van der Waals surface area (Å²) in [6.07, 6.45) is -1.53. The normalized spacial score (nSPS) is 17.3. The fourth-order valence-corrected chi connectivity index (χ4v) is 2.93. The number of aromatic nitrogens is 2. The van der Waals surface area contributed by atoms with E-state index in [9.17, 15) is 18.0 Å². The molecule has 9 heteroatoms. The Morgan fingerprint density at radius 2 is 2.14 bits per heavy atom. The van der Waals surface area contributed by atoms with Crippen LogP contribution in [0.1, 0.15) is 24.2 Å². The van der Waals surface area contributed by atoms with Crippen LogP contribution in [0, 0.1) is 6.92 Å². The summed E-state index contributed by atoms with van der Waals surface area (Å²) >= 11 is 0. The van der Waals surface area contributed by atoms with Gasteiger partial charge in [0.25, 0.3) is 5.91 Å². The lowest BCUT2D eigenvalue weighted by atomic mass is 10.1. The lowest BCUT2D eigenvalue weighted by Crippen LogP contribution is -2.46. The van der Waals surface area contributed by atoms with Crippen LogP contribution in [0.3, 0.4) is 0 Å². The van der Waals surface area contributed by atoms with Crippen LogP contribution in [0.2, 0.25) is 0 Å². The molecule has 28 heavy (non-hydrogen) atoms. The van der Waals surface area contributed by atoms with Crippen molar-refractivity contribution in [3.05, 3.63) is 47.9 Å². The highest BCUT2D eigenvalue weighted by Crippen LogP contribution is 2.31. The first-order valence-electron chi connectivity index (χ1n) is 8.85. The van der Waals surface area contributed by atoms with Crippen LogP contribution < -0.4 is 9.47 Å². The SMILES string of the molecule is Cc1nccc(OC2CCCN(C(=O)COc3cccc(C(F)(F)F)c3)C2)n1. The van der Waals surface area contributed by atoms with Gasteiger partial charge in [-0.3, -0.25) is 4.79 Å². The van der Waals surface area contributed by atoms with Gasteiger partial charge in [-0.2, -0.15) is 18.2 Å². The molecule has 1 atom stereocenters. The number of benzene rings is 1. The molecule has 0 spiro atoms. The van der Waals surface area contributed by atoms with Gasteiger partial charge in [0.2, 0.25) is 5.88 Å². The van der Waals surface area contributed by atoms with Gasteiger partial charge in [-0.25, -0.2) is 4.98 Å². The molecule has 2 heterocycles. The number of alkyl halides is 3. The number of nitrogens with zero attached hydrogens (tertiary/aromatic N) is 3. The first-order chi connectivity index (χ1) is 13.3. The van der Waals surface area contributed by atoms with Gasteiger partial charge >= 0.3 is 6.18 Å². The van der Waals surface area contributed by atoms with Crippen molar-refractivity contribution in [2.24, 2.45) is 0 Å². The zero-order valence-electron chi connectivity index (χ0n) is 15.3. The number of aryl methyl sites for hydroxylation is 1. The number of halogens is 3. The van der Waals surface area contributed by atoms with Crippen molar-refractivity contribution in [3.8, 4) is 11.6 Å². The molecule has 0 bridgehead atoms. The molecular formula is C19H20F3N3O3. The van der Waals surface area contributed by atoms with Gasteiger partial charge in [-0.15, -0.1) is 0 Å². The zero-order chi connectivity index (χ0) is 20.1. The average molecular weight is 395 g/mol. The summed E-state index contributed by atoms with van der Waals surface area (Å²) in [6.45, 7) is 2.34. The van der Waals surface area contributed by atoms with Crippen LogP contribution >= 0.6 is 0 Å². The van der Waals surface area contributed by atoms with Crippen molar-refractivity contribution in [2.75, 3.05) is 19.7 Å². The van der Waals surface area contributed by atoms with Crippen LogP contribution in [-0.4, -0.2) is 46.6 Å². The van der Waals surface area contributed by atoms with Crippen molar-refractivity contribution in [1.82, 2.24) is 14.9 Å². The lowest BCUT2D eigenvalue weighted by molar-refractivity contribution is -0.137. The van der Waals surface area contributed by atoms with Gasteiger partial charge in [0.1, 0.15) is 17.7 Å². The van der Waals surface area contributed by atoms with E-state index in [1.165, 1.54) is 12.1 Å². The molecule has 1 fully saturated rings. The van der Waals surface area contributed by atoms with Crippen molar-refractivity contribution < 1.29 is 27.4 Å². The molecule has 0 radical (unpaired) electrons. The Morgan fingerprint density at radius 3 is 2.89 bits per heavy atom. The third-order valence-corrected chi connectivity index (χ3v) is 4.29. The number of hydrogen-bond donors (Lipinski definition) is 0. The molecule has 1 aliphatic rings. The third-order valence-electron chi connectivity index (χ3n) is 4.29. The number of ether oxygens (including phenoxy) is 2. The number of amides is 1. The van der Waals surface area contributed by atoms with E-state index < -0.39 is 11.7 Å². The van der Waals surface area contributed by atoms with Gasteiger partial charge < -0.3 is 14.4 Å². The van der Waals surface area contributed by atoms with Crippen LogP contribution in [0.15, 0.2) is 36.5 Å². The maximum Gasteiger partial charge on any atom is 0.416 e. The van der Waals surface area contributed by atoms with Crippen LogP contribution in [0.25, 0.3) is 0 Å². The van der Waals surface area contributed by atoms with Crippen molar-refractivity contribution in [3.63, 3.8) is 0 Å². The molecule has 6 nitrogen and oxygen atoms in total.